The first-order valence-corrected chi connectivity index (χ1v) is 13.7. The van der Waals surface area contributed by atoms with Gasteiger partial charge < -0.3 is 15.1 Å². The van der Waals surface area contributed by atoms with E-state index in [9.17, 15) is 24.7 Å². The van der Waals surface area contributed by atoms with Gasteiger partial charge in [-0.2, -0.15) is 10.4 Å². The van der Waals surface area contributed by atoms with E-state index in [1.165, 1.54) is 28.9 Å². The normalized spacial score (nSPS) is 15.3. The van der Waals surface area contributed by atoms with Gasteiger partial charge in [-0.25, -0.2) is 9.35 Å². The molecule has 0 saturated carbocycles. The first-order chi connectivity index (χ1) is 18.2. The number of morpholine rings is 1. The van der Waals surface area contributed by atoms with Gasteiger partial charge in [-0.3, -0.25) is 19.5 Å². The van der Waals surface area contributed by atoms with Gasteiger partial charge in [0.15, 0.2) is 0 Å². The number of nitro groups is 1. The maximum absolute atomic E-state index is 15.0. The van der Waals surface area contributed by atoms with E-state index in [-0.39, 0.29) is 29.8 Å². The molecule has 1 fully saturated rings. The van der Waals surface area contributed by atoms with Crippen LogP contribution in [0.2, 0.25) is 5.02 Å². The molecule has 0 unspecified atom stereocenters. The Balaban J connectivity index is 1.81. The fraction of sp³-hybridized carbons (Fsp3) is 0.292. The summed E-state index contributed by atoms with van der Waals surface area (Å²) >= 11 is 5.96. The molecule has 1 atom stereocenters. The third-order valence-electron chi connectivity index (χ3n) is 5.92. The molecule has 2 aromatic carbocycles. The highest BCUT2D eigenvalue weighted by atomic mass is 35.5. The summed E-state index contributed by atoms with van der Waals surface area (Å²) < 4.78 is 23.7. The Morgan fingerprint density at radius 1 is 1.21 bits per heavy atom. The van der Waals surface area contributed by atoms with E-state index in [1.807, 2.05) is 0 Å². The summed E-state index contributed by atoms with van der Waals surface area (Å²) in [6.45, 7) is 3.21. The molecule has 0 radical (unpaired) electrons. The van der Waals surface area contributed by atoms with Crippen molar-refractivity contribution >= 4 is 47.4 Å². The number of anilines is 2. The maximum atomic E-state index is 15.0. The lowest BCUT2D eigenvalue weighted by Crippen LogP contribution is -2.40. The van der Waals surface area contributed by atoms with Crippen LogP contribution in [0.15, 0.2) is 48.5 Å². The van der Waals surface area contributed by atoms with Crippen molar-refractivity contribution < 1.29 is 19.0 Å². The molecule has 1 aliphatic heterocycles. The number of carbonyl (C=O) groups excluding carboxylic acids is 1. The number of amides is 1. The van der Waals surface area contributed by atoms with Crippen molar-refractivity contribution in [2.75, 3.05) is 36.7 Å². The number of benzene rings is 2. The molecule has 3 aromatic rings. The molecule has 38 heavy (non-hydrogen) atoms. The van der Waals surface area contributed by atoms with Crippen LogP contribution in [0.25, 0.3) is 0 Å². The summed E-state index contributed by atoms with van der Waals surface area (Å²) in [5.41, 5.74) is 1.02. The van der Waals surface area contributed by atoms with E-state index in [0.717, 1.165) is 0 Å². The standard InChI is InChI=1S/C24H25ClN7O5P/c1-17-22(23(31(28-17)12-2-11-26)27-24(33)18-3-5-19(25)6-4-18)38(36,30-13-15-37-16-14-30)29-20-7-9-21(10-8-20)32(34)35/h3-10H,2,12-16H2,1H3,(H,27,33)(H,29,36)/t38-/m0/s1. The lowest BCUT2D eigenvalue weighted by atomic mass is 10.2. The van der Waals surface area contributed by atoms with Crippen LogP contribution in [0.1, 0.15) is 22.5 Å². The molecule has 1 aromatic heterocycles. The number of rotatable bonds is 9. The monoisotopic (exact) mass is 557 g/mol. The van der Waals surface area contributed by atoms with Gasteiger partial charge in [-0.1, -0.05) is 11.6 Å². The number of non-ortho nitro benzene ring substituents is 1. The van der Waals surface area contributed by atoms with Crippen LogP contribution in [-0.4, -0.2) is 51.6 Å². The van der Waals surface area contributed by atoms with Crippen LogP contribution in [-0.2, 0) is 15.8 Å². The zero-order valence-corrected chi connectivity index (χ0v) is 22.1. The fourth-order valence-electron chi connectivity index (χ4n) is 4.09. The Bertz CT molecular complexity index is 1410. The fourth-order valence-corrected chi connectivity index (χ4v) is 6.92. The number of aryl methyl sites for hydroxylation is 2. The number of nitrogens with one attached hydrogen (secondary N) is 2. The van der Waals surface area contributed by atoms with E-state index in [2.05, 4.69) is 21.6 Å². The number of hydrogen-bond acceptors (Lipinski definition) is 7. The van der Waals surface area contributed by atoms with Gasteiger partial charge in [-0.05, 0) is 43.3 Å². The average Bonchev–Trinajstić information content (AvgIpc) is 3.23. The van der Waals surface area contributed by atoms with Crippen molar-refractivity contribution in [1.82, 2.24) is 14.5 Å². The first-order valence-electron chi connectivity index (χ1n) is 11.7. The molecule has 2 heterocycles. The van der Waals surface area contributed by atoms with Crippen LogP contribution in [0.5, 0.6) is 0 Å². The van der Waals surface area contributed by atoms with Gasteiger partial charge in [-0.15, -0.1) is 0 Å². The zero-order chi connectivity index (χ0) is 27.3. The summed E-state index contributed by atoms with van der Waals surface area (Å²) in [7, 11) is -3.72. The predicted octanol–water partition coefficient (Wildman–Crippen LogP) is 4.18. The van der Waals surface area contributed by atoms with Crippen molar-refractivity contribution in [3.63, 3.8) is 0 Å². The van der Waals surface area contributed by atoms with Crippen LogP contribution < -0.4 is 15.7 Å². The summed E-state index contributed by atoms with van der Waals surface area (Å²) in [5.74, 6) is -0.271. The molecule has 1 aliphatic rings. The van der Waals surface area contributed by atoms with Crippen LogP contribution in [0.3, 0.4) is 0 Å². The molecule has 0 aliphatic carbocycles. The van der Waals surface area contributed by atoms with E-state index in [0.29, 0.717) is 48.3 Å². The van der Waals surface area contributed by atoms with Gasteiger partial charge in [0.1, 0.15) is 11.1 Å². The van der Waals surface area contributed by atoms with Crippen LogP contribution >= 0.6 is 19.0 Å². The second kappa shape index (κ2) is 11.8. The second-order valence-corrected chi connectivity index (χ2v) is 11.3. The van der Waals surface area contributed by atoms with Crippen molar-refractivity contribution in [2.45, 2.75) is 19.9 Å². The molecular weight excluding hydrogens is 533 g/mol. The van der Waals surface area contributed by atoms with Crippen molar-refractivity contribution in [1.29, 1.82) is 5.26 Å². The Morgan fingerprint density at radius 2 is 1.87 bits per heavy atom. The minimum absolute atomic E-state index is 0.104. The number of aromatic nitrogens is 2. The lowest BCUT2D eigenvalue weighted by Gasteiger charge is -2.35. The summed E-state index contributed by atoms with van der Waals surface area (Å²) in [5, 5.41) is 31.5. The molecule has 1 saturated heterocycles. The average molecular weight is 558 g/mol. The second-order valence-electron chi connectivity index (χ2n) is 8.43. The highest BCUT2D eigenvalue weighted by Crippen LogP contribution is 2.51. The molecule has 198 valence electrons. The molecule has 2 N–H and O–H groups in total. The number of nitriles is 1. The quantitative estimate of drug-likeness (QED) is 0.224. The number of carbonyl (C=O) groups is 1. The number of nitrogens with zero attached hydrogens (tertiary/aromatic N) is 5. The predicted molar refractivity (Wildman–Crippen MR) is 143 cm³/mol. The first kappa shape index (κ1) is 27.3. The third kappa shape index (κ3) is 5.87. The highest BCUT2D eigenvalue weighted by molar-refractivity contribution is 7.71. The van der Waals surface area contributed by atoms with E-state index >= 15 is 0 Å². The topological polar surface area (TPSA) is 155 Å². The Labute approximate surface area is 223 Å². The summed E-state index contributed by atoms with van der Waals surface area (Å²) in [6.07, 6.45) is 0.113. The molecule has 1 amide bonds. The van der Waals surface area contributed by atoms with Crippen LogP contribution in [0.4, 0.5) is 17.2 Å². The number of hydrogen-bond donors (Lipinski definition) is 2. The smallest absolute Gasteiger partial charge is 0.272 e. The van der Waals surface area contributed by atoms with Crippen molar-refractivity contribution in [3.05, 3.63) is 74.9 Å². The number of halogens is 1. The molecular formula is C24H25ClN7O5P. The van der Waals surface area contributed by atoms with Gasteiger partial charge in [0.2, 0.25) is 0 Å². The van der Waals surface area contributed by atoms with Crippen molar-refractivity contribution in [2.24, 2.45) is 0 Å². The van der Waals surface area contributed by atoms with Gasteiger partial charge in [0.05, 0.1) is 42.9 Å². The maximum Gasteiger partial charge on any atom is 0.272 e. The molecule has 14 heteroatoms. The minimum Gasteiger partial charge on any atom is -0.379 e. The number of ether oxygens (including phenoxy) is 1. The van der Waals surface area contributed by atoms with Gasteiger partial charge in [0, 0.05) is 41.5 Å². The van der Waals surface area contributed by atoms with Gasteiger partial charge >= 0.3 is 0 Å². The Kier molecular flexibility index (Phi) is 8.44. The largest absolute Gasteiger partial charge is 0.379 e. The van der Waals surface area contributed by atoms with Crippen LogP contribution in [0, 0.1) is 28.4 Å². The minimum atomic E-state index is -3.72. The summed E-state index contributed by atoms with van der Waals surface area (Å²) in [4.78, 5) is 23.8. The lowest BCUT2D eigenvalue weighted by molar-refractivity contribution is -0.384. The van der Waals surface area contributed by atoms with E-state index < -0.39 is 18.3 Å². The Morgan fingerprint density at radius 3 is 2.47 bits per heavy atom. The highest BCUT2D eigenvalue weighted by Gasteiger charge is 2.40. The molecule has 12 nitrogen and oxygen atoms in total. The van der Waals surface area contributed by atoms with E-state index in [1.54, 1.807) is 35.9 Å². The molecule has 0 bridgehead atoms. The molecule has 4 rings (SSSR count). The van der Waals surface area contributed by atoms with Crippen molar-refractivity contribution in [3.8, 4) is 6.07 Å². The third-order valence-corrected chi connectivity index (χ3v) is 9.07. The van der Waals surface area contributed by atoms with E-state index in [4.69, 9.17) is 16.3 Å². The molecule has 0 spiro atoms. The number of nitro benzene ring substituents is 1. The zero-order valence-electron chi connectivity index (χ0n) is 20.5. The summed E-state index contributed by atoms with van der Waals surface area (Å²) in [6, 6.07) is 14.0. The SMILES string of the molecule is Cc1nn(CCC#N)c(NC(=O)c2ccc(Cl)cc2)c1[P@](=O)(Nc1ccc([N+](=O)[O-])cc1)N1CCOCC1. The van der Waals surface area contributed by atoms with Gasteiger partial charge in [0.25, 0.3) is 19.0 Å². The Hall–Kier alpha value is -3.75.